The molecule has 0 aliphatic heterocycles. The van der Waals surface area contributed by atoms with Crippen molar-refractivity contribution in [3.63, 3.8) is 0 Å². The quantitative estimate of drug-likeness (QED) is 0.759. The fourth-order valence-corrected chi connectivity index (χ4v) is 1.66. The van der Waals surface area contributed by atoms with E-state index in [1.807, 2.05) is 0 Å². The Morgan fingerprint density at radius 2 is 2.00 bits per heavy atom. The molecule has 0 fully saturated rings. The Balaban J connectivity index is 2.48. The highest BCUT2D eigenvalue weighted by atomic mass is 19.4. The van der Waals surface area contributed by atoms with Gasteiger partial charge in [-0.15, -0.1) is 13.2 Å². The molecule has 0 saturated heterocycles. The number of carbonyl (C=O) groups excluding carboxylic acids is 1. The van der Waals surface area contributed by atoms with Crippen LogP contribution >= 0.6 is 0 Å². The molecule has 6 heteroatoms. The first-order valence-corrected chi connectivity index (χ1v) is 4.71. The number of hydrogen-bond donors (Lipinski definition) is 0. The standard InChI is InChI=1S/C11H8F3NO2/c1-15-8(6-16)4-7-5-9(2-3-10(7)15)17-11(12,13)14/h2-6H,1H3. The summed E-state index contributed by atoms with van der Waals surface area (Å²) in [4.78, 5) is 10.7. The van der Waals surface area contributed by atoms with Gasteiger partial charge in [0.1, 0.15) is 5.75 Å². The highest BCUT2D eigenvalue weighted by Gasteiger charge is 2.31. The second-order valence-corrected chi connectivity index (χ2v) is 3.51. The Kier molecular flexibility index (Phi) is 2.57. The van der Waals surface area contributed by atoms with Crippen LogP contribution < -0.4 is 4.74 Å². The summed E-state index contributed by atoms with van der Waals surface area (Å²) in [6.45, 7) is 0. The lowest BCUT2D eigenvalue weighted by Gasteiger charge is -2.08. The maximum absolute atomic E-state index is 12.0. The van der Waals surface area contributed by atoms with Gasteiger partial charge in [-0.25, -0.2) is 0 Å². The van der Waals surface area contributed by atoms with Crippen LogP contribution in [0, 0.1) is 0 Å². The van der Waals surface area contributed by atoms with Crippen molar-refractivity contribution in [1.29, 1.82) is 0 Å². The van der Waals surface area contributed by atoms with Crippen molar-refractivity contribution in [2.75, 3.05) is 0 Å². The van der Waals surface area contributed by atoms with Crippen LogP contribution in [0.15, 0.2) is 24.3 Å². The second kappa shape index (κ2) is 3.80. The van der Waals surface area contributed by atoms with Crippen LogP contribution in [0.4, 0.5) is 13.2 Å². The second-order valence-electron chi connectivity index (χ2n) is 3.51. The first-order chi connectivity index (χ1) is 7.90. The Morgan fingerprint density at radius 3 is 2.59 bits per heavy atom. The number of aldehydes is 1. The minimum Gasteiger partial charge on any atom is -0.406 e. The molecule has 3 nitrogen and oxygen atoms in total. The average Bonchev–Trinajstić information content (AvgIpc) is 2.52. The van der Waals surface area contributed by atoms with E-state index in [2.05, 4.69) is 4.74 Å². The zero-order chi connectivity index (χ0) is 12.6. The fourth-order valence-electron chi connectivity index (χ4n) is 1.66. The molecule has 0 N–H and O–H groups in total. The molecule has 0 aliphatic carbocycles. The minimum atomic E-state index is -4.71. The third-order valence-electron chi connectivity index (χ3n) is 2.41. The summed E-state index contributed by atoms with van der Waals surface area (Å²) in [6, 6.07) is 5.44. The summed E-state index contributed by atoms with van der Waals surface area (Å²) in [7, 11) is 1.66. The van der Waals surface area contributed by atoms with Crippen LogP contribution in [0.5, 0.6) is 5.75 Å². The minimum absolute atomic E-state index is 0.298. The molecule has 90 valence electrons. The van der Waals surface area contributed by atoms with Crippen molar-refractivity contribution < 1.29 is 22.7 Å². The molecule has 2 rings (SSSR count). The largest absolute Gasteiger partial charge is 0.573 e. The van der Waals surface area contributed by atoms with Crippen molar-refractivity contribution in [3.8, 4) is 5.75 Å². The first kappa shape index (κ1) is 11.5. The fraction of sp³-hybridized carbons (Fsp3) is 0.182. The molecule has 0 bridgehead atoms. The number of fused-ring (bicyclic) bond motifs is 1. The van der Waals surface area contributed by atoms with Crippen LogP contribution in [0.3, 0.4) is 0 Å². The predicted molar refractivity (Wildman–Crippen MR) is 55.0 cm³/mol. The molecular weight excluding hydrogens is 235 g/mol. The maximum Gasteiger partial charge on any atom is 0.573 e. The molecule has 0 unspecified atom stereocenters. The number of halogens is 3. The Hall–Kier alpha value is -1.98. The normalized spacial score (nSPS) is 11.8. The van der Waals surface area contributed by atoms with Crippen molar-refractivity contribution in [2.24, 2.45) is 7.05 Å². The van der Waals surface area contributed by atoms with Gasteiger partial charge in [0.15, 0.2) is 6.29 Å². The lowest BCUT2D eigenvalue weighted by Crippen LogP contribution is -2.16. The molecule has 0 radical (unpaired) electrons. The van der Waals surface area contributed by atoms with E-state index in [-0.39, 0.29) is 5.75 Å². The van der Waals surface area contributed by atoms with E-state index >= 15 is 0 Å². The number of rotatable bonds is 2. The van der Waals surface area contributed by atoms with E-state index in [4.69, 9.17) is 0 Å². The topological polar surface area (TPSA) is 31.2 Å². The van der Waals surface area contributed by atoms with Crippen molar-refractivity contribution in [1.82, 2.24) is 4.57 Å². The van der Waals surface area contributed by atoms with Crippen LogP contribution in [0.25, 0.3) is 10.9 Å². The van der Waals surface area contributed by atoms with Crippen LogP contribution in [0.1, 0.15) is 10.5 Å². The zero-order valence-corrected chi connectivity index (χ0v) is 8.78. The number of ether oxygens (including phenoxy) is 1. The molecule has 1 aromatic heterocycles. The predicted octanol–water partition coefficient (Wildman–Crippen LogP) is 2.89. The molecule has 2 aromatic rings. The number of nitrogens with zero attached hydrogens (tertiary/aromatic N) is 1. The van der Waals surface area contributed by atoms with Gasteiger partial charge in [-0.1, -0.05) is 0 Å². The summed E-state index contributed by atoms with van der Waals surface area (Å²) in [6.07, 6.45) is -4.07. The van der Waals surface area contributed by atoms with Gasteiger partial charge in [0.25, 0.3) is 0 Å². The van der Waals surface area contributed by atoms with Crippen LogP contribution in [-0.4, -0.2) is 17.2 Å². The zero-order valence-electron chi connectivity index (χ0n) is 8.78. The summed E-state index contributed by atoms with van der Waals surface area (Å²) in [5.74, 6) is -0.298. The Bertz CT molecular complexity index is 572. The van der Waals surface area contributed by atoms with Crippen molar-refractivity contribution in [2.45, 2.75) is 6.36 Å². The number of hydrogen-bond acceptors (Lipinski definition) is 2. The van der Waals surface area contributed by atoms with E-state index in [0.717, 1.165) is 0 Å². The van der Waals surface area contributed by atoms with Gasteiger partial charge in [-0.05, 0) is 24.3 Å². The molecule has 1 heterocycles. The molecular formula is C11H8F3NO2. The third-order valence-corrected chi connectivity index (χ3v) is 2.41. The van der Waals surface area contributed by atoms with Crippen LogP contribution in [0.2, 0.25) is 0 Å². The smallest absolute Gasteiger partial charge is 0.406 e. The third kappa shape index (κ3) is 2.25. The SMILES string of the molecule is Cn1c(C=O)cc2cc(OC(F)(F)F)ccc21. The number of alkyl halides is 3. The summed E-state index contributed by atoms with van der Waals surface area (Å²) < 4.78 is 41.4. The van der Waals surface area contributed by atoms with Gasteiger partial charge >= 0.3 is 6.36 Å². The van der Waals surface area contributed by atoms with Crippen molar-refractivity contribution in [3.05, 3.63) is 30.0 Å². The molecule has 0 saturated carbocycles. The molecule has 17 heavy (non-hydrogen) atoms. The molecule has 0 atom stereocenters. The van der Waals surface area contributed by atoms with Gasteiger partial charge in [0, 0.05) is 18.0 Å². The van der Waals surface area contributed by atoms with Crippen LogP contribution in [-0.2, 0) is 7.05 Å². The molecule has 0 spiro atoms. The average molecular weight is 243 g/mol. The van der Waals surface area contributed by atoms with Gasteiger partial charge < -0.3 is 9.30 Å². The van der Waals surface area contributed by atoms with E-state index in [1.54, 1.807) is 11.6 Å². The summed E-state index contributed by atoms with van der Waals surface area (Å²) in [5, 5.41) is 0.524. The maximum atomic E-state index is 12.0. The lowest BCUT2D eigenvalue weighted by atomic mass is 10.2. The molecule has 0 aliphatic rings. The summed E-state index contributed by atoms with van der Waals surface area (Å²) >= 11 is 0. The van der Waals surface area contributed by atoms with E-state index < -0.39 is 6.36 Å². The van der Waals surface area contributed by atoms with Gasteiger partial charge in [0.2, 0.25) is 0 Å². The Labute approximate surface area is 94.4 Å². The van der Waals surface area contributed by atoms with E-state index in [1.165, 1.54) is 24.3 Å². The highest BCUT2D eigenvalue weighted by Crippen LogP contribution is 2.27. The molecule has 0 amide bonds. The number of carbonyl (C=O) groups is 1. The summed E-state index contributed by atoms with van der Waals surface area (Å²) in [5.41, 5.74) is 1.06. The Morgan fingerprint density at radius 1 is 1.29 bits per heavy atom. The van der Waals surface area contributed by atoms with Gasteiger partial charge in [-0.3, -0.25) is 4.79 Å². The molecule has 1 aromatic carbocycles. The van der Waals surface area contributed by atoms with Gasteiger partial charge in [-0.2, -0.15) is 0 Å². The van der Waals surface area contributed by atoms with E-state index in [9.17, 15) is 18.0 Å². The number of benzene rings is 1. The number of aryl methyl sites for hydroxylation is 1. The van der Waals surface area contributed by atoms with E-state index in [0.29, 0.717) is 22.9 Å². The monoisotopic (exact) mass is 243 g/mol. The lowest BCUT2D eigenvalue weighted by molar-refractivity contribution is -0.274. The van der Waals surface area contributed by atoms with Crippen molar-refractivity contribution >= 4 is 17.2 Å². The van der Waals surface area contributed by atoms with Gasteiger partial charge in [0.05, 0.1) is 5.69 Å². The number of aromatic nitrogens is 1. The first-order valence-electron chi connectivity index (χ1n) is 4.71. The highest BCUT2D eigenvalue weighted by molar-refractivity contribution is 5.89.